The van der Waals surface area contributed by atoms with Crippen LogP contribution in [0.25, 0.3) is 0 Å². The monoisotopic (exact) mass is 223 g/mol. The van der Waals surface area contributed by atoms with Crippen LogP contribution in [0.5, 0.6) is 0 Å². The molecule has 1 aliphatic heterocycles. The van der Waals surface area contributed by atoms with Crippen LogP contribution in [0.4, 0.5) is 0 Å². The predicted molar refractivity (Wildman–Crippen MR) is 65.2 cm³/mol. The molecular weight excluding hydrogens is 198 g/mol. The highest BCUT2D eigenvalue weighted by molar-refractivity contribution is 4.92. The van der Waals surface area contributed by atoms with Crippen LogP contribution in [0.2, 0.25) is 0 Å². The number of nitrogens with one attached hydrogen (secondary N) is 1. The van der Waals surface area contributed by atoms with Crippen molar-refractivity contribution in [2.45, 2.75) is 63.5 Å². The van der Waals surface area contributed by atoms with Crippen LogP contribution < -0.4 is 5.32 Å². The van der Waals surface area contributed by atoms with Crippen LogP contribution in [0.15, 0.2) is 0 Å². The lowest BCUT2D eigenvalue weighted by Gasteiger charge is -2.31. The minimum atomic E-state index is -0.0790. The molecule has 0 spiro atoms. The van der Waals surface area contributed by atoms with Gasteiger partial charge in [-0.3, -0.25) is 0 Å². The average molecular weight is 223 g/mol. The largest absolute Gasteiger partial charge is 0.391 e. The number of piperidine rings is 1. The van der Waals surface area contributed by atoms with Gasteiger partial charge in [-0.25, -0.2) is 0 Å². The Labute approximate surface area is 98.8 Å². The van der Waals surface area contributed by atoms with Gasteiger partial charge in [-0.1, -0.05) is 12.8 Å². The maximum Gasteiger partial charge on any atom is 0.0695 e. The Bertz CT molecular complexity index is 237. The first-order valence-corrected chi connectivity index (χ1v) is 7.24. The summed E-state index contributed by atoms with van der Waals surface area (Å²) in [5, 5.41) is 13.8. The number of rotatable bonds is 3. The van der Waals surface area contributed by atoms with E-state index in [0.717, 1.165) is 30.7 Å². The molecule has 3 rings (SSSR count). The van der Waals surface area contributed by atoms with E-state index in [-0.39, 0.29) is 6.10 Å². The first kappa shape index (κ1) is 11.0. The molecule has 0 aromatic rings. The fourth-order valence-electron chi connectivity index (χ4n) is 4.35. The lowest BCUT2D eigenvalue weighted by Crippen LogP contribution is -2.44. The van der Waals surface area contributed by atoms with Crippen molar-refractivity contribution in [3.8, 4) is 0 Å². The van der Waals surface area contributed by atoms with Crippen molar-refractivity contribution in [1.82, 2.24) is 5.32 Å². The standard InChI is InChI=1S/C14H25NO/c16-14(13-3-1-2-6-15-13)9-12-8-10-4-5-11(12)7-10/h10-16H,1-9H2. The van der Waals surface area contributed by atoms with Crippen molar-refractivity contribution in [2.24, 2.45) is 17.8 Å². The Morgan fingerprint density at radius 2 is 2.06 bits per heavy atom. The van der Waals surface area contributed by atoms with E-state index >= 15 is 0 Å². The second-order valence-corrected chi connectivity index (χ2v) is 6.29. The third kappa shape index (κ3) is 2.14. The Morgan fingerprint density at radius 1 is 1.12 bits per heavy atom. The van der Waals surface area contributed by atoms with Gasteiger partial charge in [0.1, 0.15) is 0 Å². The topological polar surface area (TPSA) is 32.3 Å². The molecule has 3 fully saturated rings. The van der Waals surface area contributed by atoms with E-state index in [1.807, 2.05) is 0 Å². The zero-order chi connectivity index (χ0) is 11.0. The highest BCUT2D eigenvalue weighted by Gasteiger charge is 2.40. The van der Waals surface area contributed by atoms with Crippen LogP contribution in [0, 0.1) is 17.8 Å². The van der Waals surface area contributed by atoms with Gasteiger partial charge in [-0.05, 0) is 62.8 Å². The quantitative estimate of drug-likeness (QED) is 0.769. The molecule has 2 bridgehead atoms. The third-order valence-electron chi connectivity index (χ3n) is 5.24. The minimum absolute atomic E-state index is 0.0790. The van der Waals surface area contributed by atoms with Crippen molar-refractivity contribution in [3.63, 3.8) is 0 Å². The lowest BCUT2D eigenvalue weighted by atomic mass is 9.82. The molecule has 2 aliphatic carbocycles. The molecule has 2 nitrogen and oxygen atoms in total. The maximum atomic E-state index is 10.3. The minimum Gasteiger partial charge on any atom is -0.391 e. The molecule has 5 atom stereocenters. The van der Waals surface area contributed by atoms with E-state index < -0.39 is 0 Å². The van der Waals surface area contributed by atoms with Gasteiger partial charge < -0.3 is 10.4 Å². The van der Waals surface area contributed by atoms with E-state index in [2.05, 4.69) is 5.32 Å². The molecule has 2 saturated carbocycles. The summed E-state index contributed by atoms with van der Waals surface area (Å²) in [6.07, 6.45) is 10.6. The summed E-state index contributed by atoms with van der Waals surface area (Å²) in [7, 11) is 0. The van der Waals surface area contributed by atoms with Gasteiger partial charge >= 0.3 is 0 Å². The highest BCUT2D eigenvalue weighted by atomic mass is 16.3. The van der Waals surface area contributed by atoms with E-state index in [0.29, 0.717) is 6.04 Å². The van der Waals surface area contributed by atoms with Crippen molar-refractivity contribution >= 4 is 0 Å². The van der Waals surface area contributed by atoms with Crippen LogP contribution in [-0.2, 0) is 0 Å². The van der Waals surface area contributed by atoms with Gasteiger partial charge in [0, 0.05) is 6.04 Å². The Balaban J connectivity index is 1.50. The molecule has 0 radical (unpaired) electrons. The zero-order valence-electron chi connectivity index (χ0n) is 10.2. The smallest absolute Gasteiger partial charge is 0.0695 e. The van der Waals surface area contributed by atoms with Gasteiger partial charge in [0.2, 0.25) is 0 Å². The Hall–Kier alpha value is -0.0800. The molecule has 0 aromatic heterocycles. The predicted octanol–water partition coefficient (Wildman–Crippen LogP) is 2.32. The first-order chi connectivity index (χ1) is 7.83. The number of hydrogen-bond donors (Lipinski definition) is 2. The van der Waals surface area contributed by atoms with Gasteiger partial charge in [-0.2, -0.15) is 0 Å². The molecule has 5 unspecified atom stereocenters. The molecule has 3 aliphatic rings. The Kier molecular flexibility index (Phi) is 3.21. The summed E-state index contributed by atoms with van der Waals surface area (Å²) in [5.74, 6) is 2.82. The summed E-state index contributed by atoms with van der Waals surface area (Å²) >= 11 is 0. The van der Waals surface area contributed by atoms with Crippen LogP contribution in [0.1, 0.15) is 51.4 Å². The molecule has 1 saturated heterocycles. The summed E-state index contributed by atoms with van der Waals surface area (Å²) in [5.41, 5.74) is 0. The van der Waals surface area contributed by atoms with Crippen LogP contribution in [0.3, 0.4) is 0 Å². The maximum absolute atomic E-state index is 10.3. The second-order valence-electron chi connectivity index (χ2n) is 6.29. The summed E-state index contributed by atoms with van der Waals surface area (Å²) < 4.78 is 0. The Morgan fingerprint density at radius 3 is 2.69 bits per heavy atom. The summed E-state index contributed by atoms with van der Waals surface area (Å²) in [4.78, 5) is 0. The van der Waals surface area contributed by atoms with Gasteiger partial charge in [0.05, 0.1) is 6.10 Å². The van der Waals surface area contributed by atoms with Gasteiger partial charge in [0.25, 0.3) is 0 Å². The van der Waals surface area contributed by atoms with Gasteiger partial charge in [0.15, 0.2) is 0 Å². The van der Waals surface area contributed by atoms with Crippen molar-refractivity contribution in [3.05, 3.63) is 0 Å². The van der Waals surface area contributed by atoms with Crippen LogP contribution >= 0.6 is 0 Å². The number of hydrogen-bond acceptors (Lipinski definition) is 2. The number of fused-ring (bicyclic) bond motifs is 2. The third-order valence-corrected chi connectivity index (χ3v) is 5.24. The van der Waals surface area contributed by atoms with Crippen molar-refractivity contribution in [1.29, 1.82) is 0 Å². The lowest BCUT2D eigenvalue weighted by molar-refractivity contribution is 0.0770. The first-order valence-electron chi connectivity index (χ1n) is 7.24. The fraction of sp³-hybridized carbons (Fsp3) is 1.00. The van der Waals surface area contributed by atoms with E-state index in [1.54, 1.807) is 0 Å². The molecule has 0 amide bonds. The molecular formula is C14H25NO. The molecule has 0 aromatic carbocycles. The number of aliphatic hydroxyl groups is 1. The zero-order valence-corrected chi connectivity index (χ0v) is 10.2. The normalized spacial score (nSPS) is 44.8. The van der Waals surface area contributed by atoms with Crippen molar-refractivity contribution < 1.29 is 5.11 Å². The summed E-state index contributed by atoms with van der Waals surface area (Å²) in [6.45, 7) is 1.11. The van der Waals surface area contributed by atoms with E-state index in [1.165, 1.54) is 44.9 Å². The molecule has 92 valence electrons. The van der Waals surface area contributed by atoms with Gasteiger partial charge in [-0.15, -0.1) is 0 Å². The molecule has 1 heterocycles. The van der Waals surface area contributed by atoms with E-state index in [4.69, 9.17) is 0 Å². The van der Waals surface area contributed by atoms with E-state index in [9.17, 15) is 5.11 Å². The highest BCUT2D eigenvalue weighted by Crippen LogP contribution is 2.50. The fourth-order valence-corrected chi connectivity index (χ4v) is 4.35. The van der Waals surface area contributed by atoms with Crippen LogP contribution in [-0.4, -0.2) is 23.8 Å². The second kappa shape index (κ2) is 4.66. The SMILES string of the molecule is OC(CC1CC2CCC1C2)C1CCCCN1. The van der Waals surface area contributed by atoms with Crippen molar-refractivity contribution in [2.75, 3.05) is 6.54 Å². The molecule has 2 heteroatoms. The summed E-state index contributed by atoms with van der Waals surface area (Å²) in [6, 6.07) is 0.396. The molecule has 16 heavy (non-hydrogen) atoms. The number of aliphatic hydroxyl groups excluding tert-OH is 1. The molecule has 2 N–H and O–H groups in total. The average Bonchev–Trinajstić information content (AvgIpc) is 2.92.